The van der Waals surface area contributed by atoms with Crippen molar-refractivity contribution in [3.05, 3.63) is 210 Å². The summed E-state index contributed by atoms with van der Waals surface area (Å²) in [6, 6.07) is 66.5. The van der Waals surface area contributed by atoms with Crippen LogP contribution in [0.15, 0.2) is 192 Å². The molecule has 0 fully saturated rings. The SMILES string of the molecule is Cc1cccc(-c2ccc3c(c2)-c2ccccc2C3c2ccc(-c3ccc4oc5ccccc5c4c3)cc2-c2nc(-c3ccccc3)nc(-c3ccccc3)n2)c1. The predicted octanol–water partition coefficient (Wildman–Crippen LogP) is 13.6. The van der Waals surface area contributed by atoms with Gasteiger partial charge in [-0.2, -0.15) is 0 Å². The standard InChI is InChI=1S/C53H35N3O/c1-33-13-12-18-36(29-33)37-23-26-43-45(30-37)40-19-8-9-21-42(40)50(43)44-27-24-38(39-25-28-49-46(31-39)41-20-10-11-22-48(41)57-49)32-47(44)53-55-51(34-14-4-2-5-15-34)54-52(56-53)35-16-6-3-7-17-35/h2-32,50H,1H3. The third kappa shape index (κ3) is 5.73. The molecule has 0 aliphatic heterocycles. The van der Waals surface area contributed by atoms with Crippen LogP contribution in [-0.4, -0.2) is 15.0 Å². The number of hydrogen-bond acceptors (Lipinski definition) is 4. The molecule has 0 radical (unpaired) electrons. The first-order valence-corrected chi connectivity index (χ1v) is 19.4. The van der Waals surface area contributed by atoms with E-state index < -0.39 is 0 Å². The van der Waals surface area contributed by atoms with E-state index in [0.29, 0.717) is 17.5 Å². The van der Waals surface area contributed by atoms with Crippen LogP contribution in [0.25, 0.3) is 89.5 Å². The maximum absolute atomic E-state index is 6.22. The minimum atomic E-state index is -0.0378. The number of aromatic nitrogens is 3. The largest absolute Gasteiger partial charge is 0.456 e. The Labute approximate surface area is 330 Å². The Hall–Kier alpha value is -7.43. The normalized spacial score (nSPS) is 13.2. The van der Waals surface area contributed by atoms with Gasteiger partial charge in [0.25, 0.3) is 0 Å². The first-order valence-electron chi connectivity index (χ1n) is 19.4. The van der Waals surface area contributed by atoms with Gasteiger partial charge in [-0.25, -0.2) is 15.0 Å². The van der Waals surface area contributed by atoms with E-state index in [1.807, 2.05) is 48.5 Å². The summed E-state index contributed by atoms with van der Waals surface area (Å²) >= 11 is 0. The Kier molecular flexibility index (Phi) is 7.75. The quantitative estimate of drug-likeness (QED) is 0.171. The molecule has 10 aromatic rings. The Bertz CT molecular complexity index is 3090. The van der Waals surface area contributed by atoms with Crippen molar-refractivity contribution in [3.63, 3.8) is 0 Å². The Balaban J connectivity index is 1.15. The van der Waals surface area contributed by atoms with Gasteiger partial charge in [0.15, 0.2) is 17.5 Å². The summed E-state index contributed by atoms with van der Waals surface area (Å²) < 4.78 is 6.22. The average Bonchev–Trinajstić information content (AvgIpc) is 3.82. The summed E-state index contributed by atoms with van der Waals surface area (Å²) in [6.07, 6.45) is 0. The molecule has 1 atom stereocenters. The van der Waals surface area contributed by atoms with Gasteiger partial charge in [0.2, 0.25) is 0 Å². The first-order chi connectivity index (χ1) is 28.1. The molecule has 0 N–H and O–H groups in total. The van der Waals surface area contributed by atoms with Gasteiger partial charge in [-0.15, -0.1) is 0 Å². The van der Waals surface area contributed by atoms with Gasteiger partial charge in [-0.3, -0.25) is 0 Å². The Morgan fingerprint density at radius 1 is 0.351 bits per heavy atom. The second-order valence-electron chi connectivity index (χ2n) is 14.8. The highest BCUT2D eigenvalue weighted by molar-refractivity contribution is 6.06. The molecule has 0 saturated carbocycles. The van der Waals surface area contributed by atoms with Crippen LogP contribution in [0.1, 0.15) is 28.2 Å². The van der Waals surface area contributed by atoms with Gasteiger partial charge >= 0.3 is 0 Å². The monoisotopic (exact) mass is 729 g/mol. The molecule has 4 nitrogen and oxygen atoms in total. The lowest BCUT2D eigenvalue weighted by molar-refractivity contribution is 0.669. The molecular weight excluding hydrogens is 695 g/mol. The van der Waals surface area contributed by atoms with Crippen molar-refractivity contribution in [1.82, 2.24) is 15.0 Å². The van der Waals surface area contributed by atoms with Crippen LogP contribution in [-0.2, 0) is 0 Å². The molecule has 0 saturated heterocycles. The topological polar surface area (TPSA) is 51.8 Å². The smallest absolute Gasteiger partial charge is 0.164 e. The summed E-state index contributed by atoms with van der Waals surface area (Å²) in [5.74, 6) is 1.87. The van der Waals surface area contributed by atoms with Crippen molar-refractivity contribution in [2.75, 3.05) is 0 Å². The minimum Gasteiger partial charge on any atom is -0.456 e. The fraction of sp³-hybridized carbons (Fsp3) is 0.0377. The van der Waals surface area contributed by atoms with Crippen LogP contribution in [0.5, 0.6) is 0 Å². The second kappa shape index (κ2) is 13.4. The van der Waals surface area contributed by atoms with Crippen molar-refractivity contribution in [1.29, 1.82) is 0 Å². The van der Waals surface area contributed by atoms with Gasteiger partial charge in [0, 0.05) is 33.4 Å². The number of benzene rings is 8. The van der Waals surface area contributed by atoms with Crippen LogP contribution in [0, 0.1) is 6.92 Å². The molecule has 8 aromatic carbocycles. The molecule has 1 aliphatic rings. The van der Waals surface area contributed by atoms with Crippen molar-refractivity contribution >= 4 is 21.9 Å². The number of furan rings is 1. The molecule has 11 rings (SSSR count). The number of nitrogens with zero attached hydrogens (tertiary/aromatic N) is 3. The van der Waals surface area contributed by atoms with E-state index in [2.05, 4.69) is 146 Å². The van der Waals surface area contributed by atoms with Gasteiger partial charge in [0.1, 0.15) is 11.2 Å². The van der Waals surface area contributed by atoms with Crippen molar-refractivity contribution in [2.24, 2.45) is 0 Å². The summed E-state index contributed by atoms with van der Waals surface area (Å²) in [5.41, 5.74) is 16.7. The number of aryl methyl sites for hydroxylation is 1. The second-order valence-corrected chi connectivity index (χ2v) is 14.8. The Morgan fingerprint density at radius 3 is 1.61 bits per heavy atom. The molecular formula is C53H35N3O. The van der Waals surface area contributed by atoms with Gasteiger partial charge < -0.3 is 4.42 Å². The van der Waals surface area contributed by atoms with Crippen molar-refractivity contribution in [2.45, 2.75) is 12.8 Å². The lowest BCUT2D eigenvalue weighted by Gasteiger charge is -2.20. The van der Waals surface area contributed by atoms with Gasteiger partial charge in [-0.05, 0) is 87.3 Å². The molecule has 4 heteroatoms. The van der Waals surface area contributed by atoms with Crippen molar-refractivity contribution in [3.8, 4) is 67.5 Å². The van der Waals surface area contributed by atoms with E-state index in [9.17, 15) is 0 Å². The third-order valence-electron chi connectivity index (χ3n) is 11.3. The number of fused-ring (bicyclic) bond motifs is 6. The average molecular weight is 730 g/mol. The van der Waals surface area contributed by atoms with E-state index >= 15 is 0 Å². The fourth-order valence-corrected chi connectivity index (χ4v) is 8.56. The zero-order valence-electron chi connectivity index (χ0n) is 31.2. The maximum Gasteiger partial charge on any atom is 0.164 e. The van der Waals surface area contributed by atoms with Crippen LogP contribution >= 0.6 is 0 Å². The van der Waals surface area contributed by atoms with Crippen molar-refractivity contribution < 1.29 is 4.42 Å². The van der Waals surface area contributed by atoms with Crippen LogP contribution in [0.3, 0.4) is 0 Å². The lowest BCUT2D eigenvalue weighted by atomic mass is 9.84. The molecule has 57 heavy (non-hydrogen) atoms. The summed E-state index contributed by atoms with van der Waals surface area (Å²) in [6.45, 7) is 2.15. The van der Waals surface area contributed by atoms with Gasteiger partial charge in [0.05, 0.1) is 0 Å². The highest BCUT2D eigenvalue weighted by Crippen LogP contribution is 2.51. The molecule has 1 aliphatic carbocycles. The van der Waals surface area contributed by atoms with E-state index in [-0.39, 0.29) is 5.92 Å². The highest BCUT2D eigenvalue weighted by atomic mass is 16.3. The molecule has 0 bridgehead atoms. The van der Waals surface area contributed by atoms with E-state index in [1.165, 1.54) is 38.9 Å². The molecule has 268 valence electrons. The molecule has 0 spiro atoms. The van der Waals surface area contributed by atoms with E-state index in [4.69, 9.17) is 19.4 Å². The number of hydrogen-bond donors (Lipinski definition) is 0. The van der Waals surface area contributed by atoms with Crippen LogP contribution < -0.4 is 0 Å². The summed E-state index contributed by atoms with van der Waals surface area (Å²) in [4.78, 5) is 15.6. The molecule has 2 aromatic heterocycles. The Morgan fingerprint density at radius 2 is 0.877 bits per heavy atom. The van der Waals surface area contributed by atoms with E-state index in [0.717, 1.165) is 55.3 Å². The van der Waals surface area contributed by atoms with Crippen LogP contribution in [0.2, 0.25) is 0 Å². The third-order valence-corrected chi connectivity index (χ3v) is 11.3. The maximum atomic E-state index is 6.22. The number of para-hydroxylation sites is 1. The molecule has 2 heterocycles. The highest BCUT2D eigenvalue weighted by Gasteiger charge is 2.33. The molecule has 1 unspecified atom stereocenters. The number of rotatable bonds is 6. The zero-order valence-corrected chi connectivity index (χ0v) is 31.2. The fourth-order valence-electron chi connectivity index (χ4n) is 8.56. The van der Waals surface area contributed by atoms with E-state index in [1.54, 1.807) is 0 Å². The van der Waals surface area contributed by atoms with Gasteiger partial charge in [-0.1, -0.05) is 163 Å². The summed E-state index contributed by atoms with van der Waals surface area (Å²) in [5, 5.41) is 2.20. The summed E-state index contributed by atoms with van der Waals surface area (Å²) in [7, 11) is 0. The zero-order chi connectivity index (χ0) is 37.9. The lowest BCUT2D eigenvalue weighted by Crippen LogP contribution is -2.06. The first kappa shape index (κ1) is 33.0. The minimum absolute atomic E-state index is 0.0378. The van der Waals surface area contributed by atoms with Crippen LogP contribution in [0.4, 0.5) is 0 Å². The molecule has 0 amide bonds. The predicted molar refractivity (Wildman–Crippen MR) is 232 cm³/mol.